The fourth-order valence-corrected chi connectivity index (χ4v) is 3.91. The second-order valence-electron chi connectivity index (χ2n) is 7.03. The predicted octanol–water partition coefficient (Wildman–Crippen LogP) is 4.25. The van der Waals surface area contributed by atoms with Crippen LogP contribution >= 0.6 is 11.8 Å². The number of nitrogens with one attached hydrogen (secondary N) is 3. The number of hydrazine groups is 1. The van der Waals surface area contributed by atoms with Crippen LogP contribution in [0.15, 0.2) is 84.0 Å². The molecule has 0 aliphatic carbocycles. The molecular weight excluding hydrogens is 408 g/mol. The number of rotatable bonds is 7. The molecule has 31 heavy (non-hydrogen) atoms. The van der Waals surface area contributed by atoms with Gasteiger partial charge in [0.05, 0.1) is 11.0 Å². The number of H-pyrrole nitrogens is 1. The van der Waals surface area contributed by atoms with Crippen LogP contribution in [0.5, 0.6) is 0 Å². The van der Waals surface area contributed by atoms with Crippen molar-refractivity contribution in [3.05, 3.63) is 95.6 Å². The highest BCUT2D eigenvalue weighted by Gasteiger charge is 2.08. The Labute approximate surface area is 184 Å². The molecule has 0 atom stereocenters. The van der Waals surface area contributed by atoms with Gasteiger partial charge in [0, 0.05) is 17.7 Å². The van der Waals surface area contributed by atoms with Crippen LogP contribution in [0.1, 0.15) is 27.9 Å². The number of benzene rings is 3. The van der Waals surface area contributed by atoms with Crippen molar-refractivity contribution in [2.45, 2.75) is 23.8 Å². The summed E-state index contributed by atoms with van der Waals surface area (Å²) in [5.74, 6) is 0.165. The predicted molar refractivity (Wildman–Crippen MR) is 122 cm³/mol. The number of para-hydroxylation sites is 2. The van der Waals surface area contributed by atoms with Crippen molar-refractivity contribution < 1.29 is 9.59 Å². The fourth-order valence-electron chi connectivity index (χ4n) is 3.07. The molecule has 4 rings (SSSR count). The smallest absolute Gasteiger partial charge is 0.269 e. The molecule has 3 N–H and O–H groups in total. The Morgan fingerprint density at radius 1 is 0.839 bits per heavy atom. The molecule has 4 aromatic rings. The number of nitrogens with zero attached hydrogens (tertiary/aromatic N) is 1. The van der Waals surface area contributed by atoms with Gasteiger partial charge in [-0.3, -0.25) is 20.4 Å². The third kappa shape index (κ3) is 5.73. The van der Waals surface area contributed by atoms with Crippen molar-refractivity contribution >= 4 is 34.6 Å². The van der Waals surface area contributed by atoms with E-state index in [1.807, 2.05) is 66.7 Å². The molecule has 1 heterocycles. The summed E-state index contributed by atoms with van der Waals surface area (Å²) < 4.78 is 0. The van der Waals surface area contributed by atoms with E-state index in [9.17, 15) is 9.59 Å². The Kier molecular flexibility index (Phi) is 6.64. The van der Waals surface area contributed by atoms with Gasteiger partial charge in [-0.1, -0.05) is 66.4 Å². The molecule has 2 amide bonds. The van der Waals surface area contributed by atoms with Crippen molar-refractivity contribution in [2.24, 2.45) is 0 Å². The second-order valence-corrected chi connectivity index (χ2v) is 8.00. The zero-order chi connectivity index (χ0) is 21.5. The van der Waals surface area contributed by atoms with E-state index in [4.69, 9.17) is 0 Å². The van der Waals surface area contributed by atoms with Gasteiger partial charge in [-0.2, -0.15) is 0 Å². The molecule has 0 fully saturated rings. The molecule has 0 unspecified atom stereocenters. The number of aromatic nitrogens is 2. The number of hydrogen-bond acceptors (Lipinski definition) is 4. The summed E-state index contributed by atoms with van der Waals surface area (Å²) in [5, 5.41) is 0.862. The van der Waals surface area contributed by atoms with Gasteiger partial charge in [0.25, 0.3) is 5.91 Å². The Morgan fingerprint density at radius 3 is 2.35 bits per heavy atom. The molecule has 0 bridgehead atoms. The van der Waals surface area contributed by atoms with Gasteiger partial charge in [-0.15, -0.1) is 0 Å². The zero-order valence-corrected chi connectivity index (χ0v) is 17.6. The number of amides is 2. The minimum Gasteiger partial charge on any atom is -0.333 e. The molecule has 0 radical (unpaired) electrons. The van der Waals surface area contributed by atoms with Gasteiger partial charge < -0.3 is 4.98 Å². The lowest BCUT2D eigenvalue weighted by Crippen LogP contribution is -2.41. The quantitative estimate of drug-likeness (QED) is 0.302. The SMILES string of the molecule is O=C(CCc1ccccc1)NNC(=O)c1ccc(CSc2nc3ccccc3[nH]2)cc1. The summed E-state index contributed by atoms with van der Waals surface area (Å²) >= 11 is 1.61. The minimum atomic E-state index is -0.343. The van der Waals surface area contributed by atoms with Crippen LogP contribution in [0.2, 0.25) is 0 Å². The Morgan fingerprint density at radius 2 is 1.58 bits per heavy atom. The third-order valence-electron chi connectivity index (χ3n) is 4.76. The maximum atomic E-state index is 12.3. The average Bonchev–Trinajstić information content (AvgIpc) is 3.24. The van der Waals surface area contributed by atoms with E-state index in [1.54, 1.807) is 23.9 Å². The number of aromatic amines is 1. The van der Waals surface area contributed by atoms with Crippen molar-refractivity contribution in [1.82, 2.24) is 20.8 Å². The van der Waals surface area contributed by atoms with Crippen LogP contribution in [0, 0.1) is 0 Å². The summed E-state index contributed by atoms with van der Waals surface area (Å²) in [6.45, 7) is 0. The maximum absolute atomic E-state index is 12.3. The van der Waals surface area contributed by atoms with E-state index >= 15 is 0 Å². The van der Waals surface area contributed by atoms with Crippen molar-refractivity contribution in [3.8, 4) is 0 Å². The lowest BCUT2D eigenvalue weighted by molar-refractivity contribution is -0.121. The molecule has 7 heteroatoms. The van der Waals surface area contributed by atoms with Crippen molar-refractivity contribution in [1.29, 1.82) is 0 Å². The van der Waals surface area contributed by atoms with Gasteiger partial charge in [0.2, 0.25) is 5.91 Å². The normalized spacial score (nSPS) is 10.7. The summed E-state index contributed by atoms with van der Waals surface area (Å²) in [4.78, 5) is 32.1. The van der Waals surface area contributed by atoms with Gasteiger partial charge in [-0.25, -0.2) is 4.98 Å². The number of thioether (sulfide) groups is 1. The number of carbonyl (C=O) groups excluding carboxylic acids is 2. The van der Waals surface area contributed by atoms with E-state index in [1.165, 1.54) is 0 Å². The number of aryl methyl sites for hydroxylation is 1. The van der Waals surface area contributed by atoms with Gasteiger partial charge in [0.1, 0.15) is 0 Å². The summed E-state index contributed by atoms with van der Waals surface area (Å²) in [5.41, 5.74) is 9.55. The summed E-state index contributed by atoms with van der Waals surface area (Å²) in [7, 11) is 0. The molecule has 1 aromatic heterocycles. The van der Waals surface area contributed by atoms with Crippen LogP contribution in [-0.4, -0.2) is 21.8 Å². The second kappa shape index (κ2) is 9.95. The van der Waals surface area contributed by atoms with E-state index in [-0.39, 0.29) is 11.8 Å². The topological polar surface area (TPSA) is 86.9 Å². The van der Waals surface area contributed by atoms with Crippen molar-refractivity contribution in [2.75, 3.05) is 0 Å². The van der Waals surface area contributed by atoms with Crippen LogP contribution in [0.4, 0.5) is 0 Å². The van der Waals surface area contributed by atoms with E-state index < -0.39 is 0 Å². The zero-order valence-electron chi connectivity index (χ0n) is 16.8. The Balaban J connectivity index is 1.23. The highest BCUT2D eigenvalue weighted by atomic mass is 32.2. The first-order valence-corrected chi connectivity index (χ1v) is 11.0. The molecule has 0 saturated carbocycles. The summed E-state index contributed by atoms with van der Waals surface area (Å²) in [6, 6.07) is 25.0. The molecule has 0 aliphatic heterocycles. The van der Waals surface area contributed by atoms with Crippen molar-refractivity contribution in [3.63, 3.8) is 0 Å². The largest absolute Gasteiger partial charge is 0.333 e. The molecule has 0 saturated heterocycles. The summed E-state index contributed by atoms with van der Waals surface area (Å²) in [6.07, 6.45) is 0.933. The van der Waals surface area contributed by atoms with Gasteiger partial charge in [0.15, 0.2) is 5.16 Å². The monoisotopic (exact) mass is 430 g/mol. The molecule has 6 nitrogen and oxygen atoms in total. The number of hydrogen-bond donors (Lipinski definition) is 3. The lowest BCUT2D eigenvalue weighted by Gasteiger charge is -2.08. The highest BCUT2D eigenvalue weighted by molar-refractivity contribution is 7.98. The molecular formula is C24H22N4O2S. The van der Waals surface area contributed by atoms with Crippen LogP contribution in [-0.2, 0) is 17.0 Å². The fraction of sp³-hybridized carbons (Fsp3) is 0.125. The number of imidazole rings is 1. The first-order valence-electron chi connectivity index (χ1n) is 9.97. The first kappa shape index (κ1) is 20.7. The maximum Gasteiger partial charge on any atom is 0.269 e. The average molecular weight is 431 g/mol. The standard InChI is InChI=1S/C24H22N4O2S/c29-22(15-12-17-6-2-1-3-7-17)27-28-23(30)19-13-10-18(11-14-19)16-31-24-25-20-8-4-5-9-21(20)26-24/h1-11,13-14H,12,15-16H2,(H,25,26)(H,27,29)(H,28,30). The minimum absolute atomic E-state index is 0.226. The molecule has 0 spiro atoms. The van der Waals surface area contributed by atoms with E-state index in [0.29, 0.717) is 18.4 Å². The third-order valence-corrected chi connectivity index (χ3v) is 5.70. The molecule has 3 aromatic carbocycles. The molecule has 0 aliphatic rings. The first-order chi connectivity index (χ1) is 15.2. The van der Waals surface area contributed by atoms with Crippen LogP contribution in [0.3, 0.4) is 0 Å². The Hall–Kier alpha value is -3.58. The van der Waals surface area contributed by atoms with E-state index in [2.05, 4.69) is 20.8 Å². The van der Waals surface area contributed by atoms with Crippen LogP contribution < -0.4 is 10.9 Å². The highest BCUT2D eigenvalue weighted by Crippen LogP contribution is 2.23. The number of fused-ring (bicyclic) bond motifs is 1. The van der Waals surface area contributed by atoms with Gasteiger partial charge >= 0.3 is 0 Å². The van der Waals surface area contributed by atoms with Gasteiger partial charge in [-0.05, 0) is 41.8 Å². The lowest BCUT2D eigenvalue weighted by atomic mass is 10.1. The molecule has 156 valence electrons. The Bertz CT molecular complexity index is 1140. The number of carbonyl (C=O) groups is 2. The van der Waals surface area contributed by atoms with Crippen LogP contribution in [0.25, 0.3) is 11.0 Å². The van der Waals surface area contributed by atoms with E-state index in [0.717, 1.165) is 33.1 Å².